The number of hydrogen-bond acceptors (Lipinski definition) is 4. The minimum Gasteiger partial charge on any atom is -0.486 e. The Balaban J connectivity index is 1.88. The van der Waals surface area contributed by atoms with Gasteiger partial charge in [-0.15, -0.1) is 0 Å². The van der Waals surface area contributed by atoms with Crippen molar-refractivity contribution in [2.24, 2.45) is 0 Å². The Bertz CT molecular complexity index is 641. The van der Waals surface area contributed by atoms with Gasteiger partial charge in [-0.1, -0.05) is 6.07 Å². The molecule has 2 aromatic rings. The molecule has 0 bridgehead atoms. The zero-order valence-electron chi connectivity index (χ0n) is 11.1. The van der Waals surface area contributed by atoms with E-state index >= 15 is 0 Å². The van der Waals surface area contributed by atoms with Gasteiger partial charge < -0.3 is 14.8 Å². The number of pyridine rings is 1. The second kappa shape index (κ2) is 5.21. The minimum atomic E-state index is -0.210. The number of carbonyl (C=O) groups is 1. The van der Waals surface area contributed by atoms with Crippen molar-refractivity contribution >= 4 is 11.7 Å². The maximum atomic E-state index is 12.3. The second-order valence-corrected chi connectivity index (χ2v) is 4.48. The Labute approximate surface area is 116 Å². The molecule has 20 heavy (non-hydrogen) atoms. The molecule has 1 N–H and O–H groups in total. The molecule has 1 amide bonds. The van der Waals surface area contributed by atoms with E-state index in [2.05, 4.69) is 10.3 Å². The zero-order chi connectivity index (χ0) is 13.9. The number of aryl methyl sites for hydroxylation is 1. The van der Waals surface area contributed by atoms with Crippen LogP contribution in [0.4, 0.5) is 5.82 Å². The van der Waals surface area contributed by atoms with Crippen LogP contribution in [0.1, 0.15) is 15.9 Å². The first kappa shape index (κ1) is 12.5. The standard InChI is InChI=1S/C15H14N2O3/c1-10-8-12-13(20-7-6-19-12)9-11(10)15(18)17-14-4-2-3-5-16-14/h2-5,8-9H,6-7H2,1H3,(H,16,17,18). The highest BCUT2D eigenvalue weighted by Gasteiger charge is 2.18. The van der Waals surface area contributed by atoms with Crippen LogP contribution in [0.25, 0.3) is 0 Å². The van der Waals surface area contributed by atoms with E-state index in [9.17, 15) is 4.79 Å². The third kappa shape index (κ3) is 2.42. The molecule has 0 fully saturated rings. The van der Waals surface area contributed by atoms with Crippen molar-refractivity contribution in [1.82, 2.24) is 4.98 Å². The molecule has 0 radical (unpaired) electrons. The van der Waals surface area contributed by atoms with Gasteiger partial charge in [0.25, 0.3) is 5.91 Å². The second-order valence-electron chi connectivity index (χ2n) is 4.48. The lowest BCUT2D eigenvalue weighted by Gasteiger charge is -2.20. The molecule has 0 unspecified atom stereocenters. The summed E-state index contributed by atoms with van der Waals surface area (Å²) < 4.78 is 11.0. The molecule has 0 aliphatic carbocycles. The van der Waals surface area contributed by atoms with Crippen molar-refractivity contribution in [3.8, 4) is 11.5 Å². The molecule has 102 valence electrons. The number of hydrogen-bond donors (Lipinski definition) is 1. The summed E-state index contributed by atoms with van der Waals surface area (Å²) in [5.74, 6) is 1.60. The maximum Gasteiger partial charge on any atom is 0.257 e. The van der Waals surface area contributed by atoms with E-state index in [0.717, 1.165) is 5.56 Å². The lowest BCUT2D eigenvalue weighted by atomic mass is 10.1. The van der Waals surface area contributed by atoms with Crippen molar-refractivity contribution < 1.29 is 14.3 Å². The van der Waals surface area contributed by atoms with E-state index in [-0.39, 0.29) is 5.91 Å². The van der Waals surface area contributed by atoms with Gasteiger partial charge >= 0.3 is 0 Å². The van der Waals surface area contributed by atoms with Crippen LogP contribution < -0.4 is 14.8 Å². The number of aromatic nitrogens is 1. The number of carbonyl (C=O) groups excluding carboxylic acids is 1. The lowest BCUT2D eigenvalue weighted by Crippen LogP contribution is -2.18. The van der Waals surface area contributed by atoms with E-state index in [0.29, 0.717) is 36.1 Å². The predicted octanol–water partition coefficient (Wildman–Crippen LogP) is 2.41. The molecule has 5 nitrogen and oxygen atoms in total. The fourth-order valence-electron chi connectivity index (χ4n) is 2.06. The van der Waals surface area contributed by atoms with E-state index in [1.165, 1.54) is 0 Å². The molecule has 5 heteroatoms. The number of rotatable bonds is 2. The molecule has 0 spiro atoms. The van der Waals surface area contributed by atoms with Gasteiger partial charge in [0.15, 0.2) is 11.5 Å². The first-order valence-electron chi connectivity index (χ1n) is 6.36. The van der Waals surface area contributed by atoms with Crippen LogP contribution in [0, 0.1) is 6.92 Å². The van der Waals surface area contributed by atoms with Crippen molar-refractivity contribution in [2.75, 3.05) is 18.5 Å². The number of fused-ring (bicyclic) bond motifs is 1. The smallest absolute Gasteiger partial charge is 0.257 e. The van der Waals surface area contributed by atoms with Crippen molar-refractivity contribution in [2.45, 2.75) is 6.92 Å². The molecule has 1 aliphatic heterocycles. The summed E-state index contributed by atoms with van der Waals surface area (Å²) in [6.07, 6.45) is 1.63. The van der Waals surface area contributed by atoms with Gasteiger partial charge in [-0.05, 0) is 36.8 Å². The van der Waals surface area contributed by atoms with Crippen LogP contribution in [-0.4, -0.2) is 24.1 Å². The molecule has 1 aliphatic rings. The largest absolute Gasteiger partial charge is 0.486 e. The Hall–Kier alpha value is -2.56. The number of ether oxygens (including phenoxy) is 2. The number of amides is 1. The van der Waals surface area contributed by atoms with E-state index in [4.69, 9.17) is 9.47 Å². The summed E-state index contributed by atoms with van der Waals surface area (Å²) in [6.45, 7) is 2.90. The fourth-order valence-corrected chi connectivity index (χ4v) is 2.06. The highest BCUT2D eigenvalue weighted by molar-refractivity contribution is 6.05. The highest BCUT2D eigenvalue weighted by Crippen LogP contribution is 2.33. The quantitative estimate of drug-likeness (QED) is 0.910. The summed E-state index contributed by atoms with van der Waals surface area (Å²) in [5, 5.41) is 2.76. The zero-order valence-corrected chi connectivity index (χ0v) is 11.1. The Morgan fingerprint density at radius 1 is 1.20 bits per heavy atom. The summed E-state index contributed by atoms with van der Waals surface area (Å²) in [7, 11) is 0. The van der Waals surface area contributed by atoms with Crippen LogP contribution in [0.15, 0.2) is 36.5 Å². The van der Waals surface area contributed by atoms with Crippen LogP contribution >= 0.6 is 0 Å². The van der Waals surface area contributed by atoms with Crippen molar-refractivity contribution in [3.05, 3.63) is 47.7 Å². The molecule has 2 heterocycles. The summed E-state index contributed by atoms with van der Waals surface area (Å²) in [4.78, 5) is 16.3. The van der Waals surface area contributed by atoms with Crippen molar-refractivity contribution in [3.63, 3.8) is 0 Å². The van der Waals surface area contributed by atoms with Crippen LogP contribution in [0.3, 0.4) is 0 Å². The van der Waals surface area contributed by atoms with Crippen LogP contribution in [-0.2, 0) is 0 Å². The molecule has 1 aromatic heterocycles. The van der Waals surface area contributed by atoms with E-state index in [1.54, 1.807) is 24.4 Å². The van der Waals surface area contributed by atoms with Gasteiger partial charge in [0, 0.05) is 11.8 Å². The van der Waals surface area contributed by atoms with Gasteiger partial charge in [-0.2, -0.15) is 0 Å². The first-order chi connectivity index (χ1) is 9.74. The molecular formula is C15H14N2O3. The van der Waals surface area contributed by atoms with Gasteiger partial charge in [-0.25, -0.2) is 4.98 Å². The maximum absolute atomic E-state index is 12.3. The van der Waals surface area contributed by atoms with Gasteiger partial charge in [-0.3, -0.25) is 4.79 Å². The predicted molar refractivity (Wildman–Crippen MR) is 74.4 cm³/mol. The normalized spacial score (nSPS) is 12.8. The molecule has 1 aromatic carbocycles. The fraction of sp³-hybridized carbons (Fsp3) is 0.200. The first-order valence-corrected chi connectivity index (χ1v) is 6.36. The monoisotopic (exact) mass is 270 g/mol. The van der Waals surface area contributed by atoms with Crippen molar-refractivity contribution in [1.29, 1.82) is 0 Å². The average Bonchev–Trinajstić information content (AvgIpc) is 2.47. The minimum absolute atomic E-state index is 0.210. The molecule has 0 saturated heterocycles. The summed E-state index contributed by atoms with van der Waals surface area (Å²) in [6, 6.07) is 8.89. The molecule has 0 saturated carbocycles. The lowest BCUT2D eigenvalue weighted by molar-refractivity contribution is 0.102. The van der Waals surface area contributed by atoms with Crippen LogP contribution in [0.2, 0.25) is 0 Å². The third-order valence-electron chi connectivity index (χ3n) is 3.04. The highest BCUT2D eigenvalue weighted by atomic mass is 16.6. The van der Waals surface area contributed by atoms with Gasteiger partial charge in [0.05, 0.1) is 0 Å². The average molecular weight is 270 g/mol. The Morgan fingerprint density at radius 2 is 1.95 bits per heavy atom. The molecule has 0 atom stereocenters. The summed E-state index contributed by atoms with van der Waals surface area (Å²) in [5.41, 5.74) is 1.39. The number of anilines is 1. The number of benzene rings is 1. The topological polar surface area (TPSA) is 60.5 Å². The van der Waals surface area contributed by atoms with E-state index in [1.807, 2.05) is 19.1 Å². The Morgan fingerprint density at radius 3 is 2.65 bits per heavy atom. The molecular weight excluding hydrogens is 256 g/mol. The van der Waals surface area contributed by atoms with E-state index < -0.39 is 0 Å². The summed E-state index contributed by atoms with van der Waals surface area (Å²) >= 11 is 0. The molecule has 3 rings (SSSR count). The SMILES string of the molecule is Cc1cc2c(cc1C(=O)Nc1ccccn1)OCCO2. The van der Waals surface area contributed by atoms with Gasteiger partial charge in [0.1, 0.15) is 19.0 Å². The third-order valence-corrected chi connectivity index (χ3v) is 3.04. The van der Waals surface area contributed by atoms with Crippen LogP contribution in [0.5, 0.6) is 11.5 Å². The Kier molecular flexibility index (Phi) is 3.25. The van der Waals surface area contributed by atoms with Gasteiger partial charge in [0.2, 0.25) is 0 Å². The number of nitrogens with one attached hydrogen (secondary N) is 1. The number of nitrogens with zero attached hydrogens (tertiary/aromatic N) is 1.